The maximum Gasteiger partial charge on any atom is 0.191 e. The average Bonchev–Trinajstić information content (AvgIpc) is 2.52. The number of hydrogen-bond donors (Lipinski definition) is 2. The first kappa shape index (κ1) is 25.1. The van der Waals surface area contributed by atoms with E-state index in [0.29, 0.717) is 18.9 Å². The Morgan fingerprint density at radius 3 is 2.31 bits per heavy atom. The van der Waals surface area contributed by atoms with Crippen LogP contribution in [0.2, 0.25) is 0 Å². The summed E-state index contributed by atoms with van der Waals surface area (Å²) in [6, 6.07) is 6.47. The van der Waals surface area contributed by atoms with Crippen LogP contribution in [-0.4, -0.2) is 65.0 Å². The molecule has 0 spiro atoms. The molecule has 0 aliphatic carbocycles. The molecular formula is C17H30FIN4O2S. The van der Waals surface area contributed by atoms with Crippen molar-refractivity contribution >= 4 is 39.8 Å². The van der Waals surface area contributed by atoms with E-state index in [9.17, 15) is 12.8 Å². The third-order valence-electron chi connectivity index (χ3n) is 3.87. The van der Waals surface area contributed by atoms with Crippen LogP contribution < -0.4 is 10.6 Å². The number of sulfone groups is 1. The van der Waals surface area contributed by atoms with Crippen LogP contribution in [-0.2, 0) is 9.84 Å². The molecule has 2 unspecified atom stereocenters. The number of benzene rings is 1. The van der Waals surface area contributed by atoms with Gasteiger partial charge in [-0.25, -0.2) is 12.8 Å². The lowest BCUT2D eigenvalue weighted by Crippen LogP contribution is -2.45. The van der Waals surface area contributed by atoms with Crippen LogP contribution in [0.5, 0.6) is 0 Å². The fourth-order valence-electron chi connectivity index (χ4n) is 2.37. The summed E-state index contributed by atoms with van der Waals surface area (Å²) in [4.78, 5) is 6.22. The molecular weight excluding hydrogens is 470 g/mol. The Kier molecular flexibility index (Phi) is 11.3. The summed E-state index contributed by atoms with van der Waals surface area (Å²) in [6.45, 7) is 2.50. The summed E-state index contributed by atoms with van der Waals surface area (Å²) in [5, 5.41) is 6.44. The molecule has 6 nitrogen and oxygen atoms in total. The zero-order valence-corrected chi connectivity index (χ0v) is 19.1. The highest BCUT2D eigenvalue weighted by atomic mass is 127. The highest BCUT2D eigenvalue weighted by molar-refractivity contribution is 14.0. The van der Waals surface area contributed by atoms with Gasteiger partial charge in [0, 0.05) is 25.9 Å². The third kappa shape index (κ3) is 9.67. The van der Waals surface area contributed by atoms with E-state index in [1.807, 2.05) is 25.9 Å². The van der Waals surface area contributed by atoms with Crippen molar-refractivity contribution in [3.63, 3.8) is 0 Å². The highest BCUT2D eigenvalue weighted by Crippen LogP contribution is 2.17. The summed E-state index contributed by atoms with van der Waals surface area (Å²) in [5.74, 6) is 0.481. The molecule has 0 fully saturated rings. The van der Waals surface area contributed by atoms with Crippen molar-refractivity contribution < 1.29 is 12.8 Å². The second-order valence-corrected chi connectivity index (χ2v) is 8.71. The molecule has 0 saturated carbocycles. The Morgan fingerprint density at radius 2 is 1.85 bits per heavy atom. The molecule has 0 saturated heterocycles. The Bertz CT molecular complexity index is 666. The van der Waals surface area contributed by atoms with Gasteiger partial charge in [-0.1, -0.05) is 12.1 Å². The van der Waals surface area contributed by atoms with E-state index in [-0.39, 0.29) is 47.6 Å². The van der Waals surface area contributed by atoms with Crippen LogP contribution in [0.4, 0.5) is 4.39 Å². The number of halogens is 2. The largest absolute Gasteiger partial charge is 0.354 e. The van der Waals surface area contributed by atoms with Crippen molar-refractivity contribution in [3.05, 3.63) is 35.6 Å². The Hall–Kier alpha value is -0.940. The summed E-state index contributed by atoms with van der Waals surface area (Å²) in [7, 11) is 2.61. The fraction of sp³-hybridized carbons (Fsp3) is 0.588. The summed E-state index contributed by atoms with van der Waals surface area (Å²) in [5.41, 5.74) is 1.000. The van der Waals surface area contributed by atoms with Crippen LogP contribution in [0.1, 0.15) is 24.9 Å². The first-order valence-electron chi connectivity index (χ1n) is 8.19. The lowest BCUT2D eigenvalue weighted by molar-refractivity contribution is 0.297. The Morgan fingerprint density at radius 1 is 1.27 bits per heavy atom. The number of guanidine groups is 1. The smallest absolute Gasteiger partial charge is 0.191 e. The minimum absolute atomic E-state index is 0. The molecule has 1 rings (SSSR count). The summed E-state index contributed by atoms with van der Waals surface area (Å²) in [6.07, 6.45) is 1.74. The van der Waals surface area contributed by atoms with E-state index in [0.717, 1.165) is 5.56 Å². The quantitative estimate of drug-likeness (QED) is 0.325. The molecule has 1 aromatic carbocycles. The molecule has 150 valence electrons. The molecule has 1 aromatic rings. The lowest BCUT2D eigenvalue weighted by atomic mass is 10.1. The van der Waals surface area contributed by atoms with Crippen molar-refractivity contribution in [2.75, 3.05) is 39.7 Å². The number of hydrogen-bond acceptors (Lipinski definition) is 4. The Balaban J connectivity index is 0.00000625. The van der Waals surface area contributed by atoms with E-state index in [2.05, 4.69) is 15.6 Å². The van der Waals surface area contributed by atoms with Gasteiger partial charge in [-0.05, 0) is 45.1 Å². The summed E-state index contributed by atoms with van der Waals surface area (Å²) >= 11 is 0. The normalized spacial score (nSPS) is 14.5. The first-order valence-corrected chi connectivity index (χ1v) is 10.2. The van der Waals surface area contributed by atoms with Crippen molar-refractivity contribution in [2.45, 2.75) is 25.4 Å². The molecule has 9 heteroatoms. The van der Waals surface area contributed by atoms with Gasteiger partial charge < -0.3 is 15.5 Å². The van der Waals surface area contributed by atoms with Crippen molar-refractivity contribution in [1.82, 2.24) is 15.5 Å². The van der Waals surface area contributed by atoms with Gasteiger partial charge in [0.25, 0.3) is 0 Å². The van der Waals surface area contributed by atoms with Gasteiger partial charge in [0.05, 0.1) is 11.8 Å². The van der Waals surface area contributed by atoms with E-state index in [4.69, 9.17) is 0 Å². The maximum atomic E-state index is 13.1. The number of rotatable bonds is 8. The van der Waals surface area contributed by atoms with Gasteiger partial charge in [0.15, 0.2) is 5.96 Å². The molecule has 0 radical (unpaired) electrons. The van der Waals surface area contributed by atoms with Gasteiger partial charge in [-0.2, -0.15) is 0 Å². The minimum Gasteiger partial charge on any atom is -0.354 e. The molecule has 2 N–H and O–H groups in total. The van der Waals surface area contributed by atoms with Crippen LogP contribution in [0.25, 0.3) is 0 Å². The van der Waals surface area contributed by atoms with Crippen molar-refractivity contribution in [1.29, 1.82) is 0 Å². The molecule has 26 heavy (non-hydrogen) atoms. The van der Waals surface area contributed by atoms with Gasteiger partial charge in [-0.15, -0.1) is 24.0 Å². The molecule has 0 bridgehead atoms. The first-order chi connectivity index (χ1) is 11.6. The summed E-state index contributed by atoms with van der Waals surface area (Å²) < 4.78 is 35.6. The second kappa shape index (κ2) is 11.7. The third-order valence-corrected chi connectivity index (χ3v) is 4.85. The monoisotopic (exact) mass is 500 g/mol. The molecule has 0 aromatic heterocycles. The van der Waals surface area contributed by atoms with Crippen LogP contribution in [0.3, 0.4) is 0 Å². The second-order valence-electron chi connectivity index (χ2n) is 6.45. The number of nitrogens with one attached hydrogen (secondary N) is 2. The highest BCUT2D eigenvalue weighted by Gasteiger charge is 2.16. The van der Waals surface area contributed by atoms with Gasteiger partial charge in [0.2, 0.25) is 0 Å². The SMILES string of the molecule is CN=C(NCC(c1ccc(F)cc1)N(C)C)NC(C)CCS(C)(=O)=O.I. The lowest BCUT2D eigenvalue weighted by Gasteiger charge is -2.26. The molecule has 0 heterocycles. The van der Waals surface area contributed by atoms with E-state index in [1.165, 1.54) is 18.4 Å². The molecule has 0 amide bonds. The molecule has 0 aliphatic rings. The molecule has 0 aliphatic heterocycles. The van der Waals surface area contributed by atoms with Gasteiger partial charge >= 0.3 is 0 Å². The van der Waals surface area contributed by atoms with Crippen molar-refractivity contribution in [3.8, 4) is 0 Å². The maximum absolute atomic E-state index is 13.1. The number of likely N-dealkylation sites (N-methyl/N-ethyl adjacent to an activating group) is 1. The zero-order chi connectivity index (χ0) is 19.0. The van der Waals surface area contributed by atoms with Gasteiger partial charge in [0.1, 0.15) is 15.7 Å². The zero-order valence-electron chi connectivity index (χ0n) is 16.0. The number of aliphatic imine (C=N–C) groups is 1. The van der Waals surface area contributed by atoms with Crippen LogP contribution in [0.15, 0.2) is 29.3 Å². The molecule has 2 atom stereocenters. The predicted molar refractivity (Wildman–Crippen MR) is 117 cm³/mol. The number of nitrogens with zero attached hydrogens (tertiary/aromatic N) is 2. The fourth-order valence-corrected chi connectivity index (χ4v) is 3.15. The van der Waals surface area contributed by atoms with Crippen LogP contribution in [0, 0.1) is 5.82 Å². The average molecular weight is 500 g/mol. The van der Waals surface area contributed by atoms with E-state index >= 15 is 0 Å². The van der Waals surface area contributed by atoms with Gasteiger partial charge in [-0.3, -0.25) is 4.99 Å². The standard InChI is InChI=1S/C17H29FN4O2S.HI/c1-13(10-11-25(5,23)24)21-17(19-2)20-12-16(22(3)4)14-6-8-15(18)9-7-14;/h6-9,13,16H,10-12H2,1-5H3,(H2,19,20,21);1H. The van der Waals surface area contributed by atoms with Crippen molar-refractivity contribution in [2.24, 2.45) is 4.99 Å². The predicted octanol–water partition coefficient (Wildman–Crippen LogP) is 2.03. The minimum atomic E-state index is -2.98. The Labute approximate surface area is 173 Å². The van der Waals surface area contributed by atoms with E-state index < -0.39 is 9.84 Å². The van der Waals surface area contributed by atoms with E-state index in [1.54, 1.807) is 19.2 Å². The topological polar surface area (TPSA) is 73.8 Å². The van der Waals surface area contributed by atoms with Crippen LogP contribution >= 0.6 is 24.0 Å².